The second kappa shape index (κ2) is 8.08. The summed E-state index contributed by atoms with van der Waals surface area (Å²) in [4.78, 5) is 9.19. The summed E-state index contributed by atoms with van der Waals surface area (Å²) < 4.78 is 11.0. The number of pyridine rings is 1. The van der Waals surface area contributed by atoms with Gasteiger partial charge in [-0.25, -0.2) is 4.98 Å². The number of nitrogens with zero attached hydrogens (tertiary/aromatic N) is 4. The fourth-order valence-corrected chi connectivity index (χ4v) is 2.96. The summed E-state index contributed by atoms with van der Waals surface area (Å²) >= 11 is 0. The summed E-state index contributed by atoms with van der Waals surface area (Å²) in [5.74, 6) is 1.10. The van der Waals surface area contributed by atoms with E-state index in [-0.39, 0.29) is 18.4 Å². The molecule has 1 aromatic carbocycles. The Bertz CT molecular complexity index is 1090. The molecule has 28 heavy (non-hydrogen) atoms. The Morgan fingerprint density at radius 2 is 1.79 bits per heavy atom. The highest BCUT2D eigenvalue weighted by molar-refractivity contribution is 5.93. The highest BCUT2D eigenvalue weighted by Crippen LogP contribution is 2.33. The first-order chi connectivity index (χ1) is 13.0. The molecular weight excluding hydrogens is 378 g/mol. The van der Waals surface area contributed by atoms with E-state index in [9.17, 15) is 0 Å². The number of hydrogen-bond donors (Lipinski definition) is 1. The molecule has 0 aliphatic rings. The van der Waals surface area contributed by atoms with Crippen molar-refractivity contribution in [3.05, 3.63) is 47.4 Å². The van der Waals surface area contributed by atoms with Crippen molar-refractivity contribution >= 4 is 23.5 Å². The average Bonchev–Trinajstić information content (AvgIpc) is 3.28. The molecular formula is C20H22ClN5O2. The predicted octanol–water partition coefficient (Wildman–Crippen LogP) is 4.13. The molecule has 0 aliphatic heterocycles. The van der Waals surface area contributed by atoms with Gasteiger partial charge in [-0.05, 0) is 33.9 Å². The van der Waals surface area contributed by atoms with E-state index >= 15 is 0 Å². The third-order valence-electron chi connectivity index (χ3n) is 4.64. The first-order valence-electron chi connectivity index (χ1n) is 8.89. The first kappa shape index (κ1) is 20.0. The maximum absolute atomic E-state index is 5.55. The van der Waals surface area contributed by atoms with Crippen LogP contribution in [0, 0.1) is 13.8 Å². The van der Waals surface area contributed by atoms with Crippen LogP contribution in [0.5, 0.6) is 0 Å². The smallest absolute Gasteiger partial charge is 0.259 e. The van der Waals surface area contributed by atoms with Crippen LogP contribution < -0.4 is 5.32 Å². The molecule has 0 amide bonds. The first-order valence-corrected chi connectivity index (χ1v) is 8.89. The van der Waals surface area contributed by atoms with Crippen molar-refractivity contribution in [2.45, 2.75) is 33.2 Å². The molecule has 0 saturated carbocycles. The van der Waals surface area contributed by atoms with Gasteiger partial charge in [0.15, 0.2) is 5.82 Å². The molecule has 146 valence electrons. The van der Waals surface area contributed by atoms with Gasteiger partial charge in [-0.1, -0.05) is 40.1 Å². The van der Waals surface area contributed by atoms with Gasteiger partial charge in [0.05, 0.1) is 22.3 Å². The molecule has 0 saturated heterocycles. The lowest BCUT2D eigenvalue weighted by Crippen LogP contribution is -2.24. The fraction of sp³-hybridized carbons (Fsp3) is 0.300. The van der Waals surface area contributed by atoms with Gasteiger partial charge in [-0.2, -0.15) is 4.98 Å². The second-order valence-electron chi connectivity index (χ2n) is 6.78. The zero-order chi connectivity index (χ0) is 19.0. The highest BCUT2D eigenvalue weighted by atomic mass is 35.5. The lowest BCUT2D eigenvalue weighted by molar-refractivity contribution is 0.418. The minimum Gasteiger partial charge on any atom is -0.335 e. The maximum atomic E-state index is 5.55. The van der Waals surface area contributed by atoms with Crippen molar-refractivity contribution in [1.29, 1.82) is 0 Å². The summed E-state index contributed by atoms with van der Waals surface area (Å²) in [5, 5.41) is 12.1. The van der Waals surface area contributed by atoms with Gasteiger partial charge in [-0.15, -0.1) is 12.4 Å². The van der Waals surface area contributed by atoms with Crippen LogP contribution in [-0.2, 0) is 6.42 Å². The van der Waals surface area contributed by atoms with Crippen LogP contribution >= 0.6 is 12.4 Å². The zero-order valence-corrected chi connectivity index (χ0v) is 17.0. The third kappa shape index (κ3) is 3.76. The summed E-state index contributed by atoms with van der Waals surface area (Å²) in [6.07, 6.45) is 0.682. The number of aryl methyl sites for hydroxylation is 2. The van der Waals surface area contributed by atoms with Crippen LogP contribution in [-0.4, -0.2) is 33.4 Å². The molecule has 1 N–H and O–H groups in total. The van der Waals surface area contributed by atoms with Crippen molar-refractivity contribution in [2.75, 3.05) is 7.05 Å². The Balaban J connectivity index is 0.00000225. The van der Waals surface area contributed by atoms with Crippen molar-refractivity contribution in [3.8, 4) is 22.7 Å². The molecule has 1 unspecified atom stereocenters. The summed E-state index contributed by atoms with van der Waals surface area (Å²) in [7, 11) is 1.91. The molecule has 0 aliphatic carbocycles. The molecule has 1 atom stereocenters. The fourth-order valence-electron chi connectivity index (χ4n) is 2.96. The monoisotopic (exact) mass is 399 g/mol. The van der Waals surface area contributed by atoms with Gasteiger partial charge < -0.3 is 14.4 Å². The van der Waals surface area contributed by atoms with Crippen LogP contribution in [0.15, 0.2) is 39.4 Å². The predicted molar refractivity (Wildman–Crippen MR) is 109 cm³/mol. The van der Waals surface area contributed by atoms with Gasteiger partial charge in [0.25, 0.3) is 11.6 Å². The van der Waals surface area contributed by atoms with E-state index in [1.54, 1.807) is 0 Å². The van der Waals surface area contributed by atoms with Gasteiger partial charge in [0, 0.05) is 18.0 Å². The van der Waals surface area contributed by atoms with Gasteiger partial charge in [0.2, 0.25) is 0 Å². The van der Waals surface area contributed by atoms with Gasteiger partial charge >= 0.3 is 0 Å². The lowest BCUT2D eigenvalue weighted by Gasteiger charge is -2.05. The molecule has 3 aromatic heterocycles. The van der Waals surface area contributed by atoms with E-state index in [0.717, 1.165) is 27.9 Å². The molecule has 0 fully saturated rings. The number of hydrogen-bond acceptors (Lipinski definition) is 7. The molecule has 4 aromatic rings. The van der Waals surface area contributed by atoms with Gasteiger partial charge in [-0.3, -0.25) is 0 Å². The lowest BCUT2D eigenvalue weighted by atomic mass is 10.0. The summed E-state index contributed by atoms with van der Waals surface area (Å²) in [5.41, 5.74) is 4.94. The third-order valence-corrected chi connectivity index (χ3v) is 4.64. The van der Waals surface area contributed by atoms with Gasteiger partial charge in [0.1, 0.15) is 0 Å². The molecule has 8 heteroatoms. The van der Waals surface area contributed by atoms with E-state index in [0.29, 0.717) is 23.8 Å². The molecule has 0 bridgehead atoms. The molecule has 4 rings (SSSR count). The van der Waals surface area contributed by atoms with Crippen molar-refractivity contribution < 1.29 is 9.05 Å². The summed E-state index contributed by atoms with van der Waals surface area (Å²) in [6.45, 7) is 6.00. The van der Waals surface area contributed by atoms with E-state index in [1.807, 2.05) is 32.2 Å². The Hall–Kier alpha value is -2.77. The number of aromatic nitrogens is 4. The zero-order valence-electron chi connectivity index (χ0n) is 16.2. The number of nitrogens with one attached hydrogen (secondary N) is 1. The van der Waals surface area contributed by atoms with Crippen LogP contribution in [0.2, 0.25) is 0 Å². The largest absolute Gasteiger partial charge is 0.335 e. The number of benzene rings is 1. The number of likely N-dealkylation sites (N-methyl/N-ethyl adjacent to an activating group) is 1. The quantitative estimate of drug-likeness (QED) is 0.539. The SMILES string of the molecule is CNC(C)Cc1noc(-c2cc(-c3ccc(C)cc3)nc3onc(C)c23)n1.Cl. The summed E-state index contributed by atoms with van der Waals surface area (Å²) in [6, 6.07) is 10.4. The Labute approximate surface area is 168 Å². The van der Waals surface area contributed by atoms with Crippen molar-refractivity contribution in [3.63, 3.8) is 0 Å². The standard InChI is InChI=1S/C20H21N5O2.ClH/c1-11-5-7-14(8-6-11)16-10-15(18-13(3)24-27-20(18)22-16)19-23-17(25-26-19)9-12(2)21-4;/h5-8,10,12,21H,9H2,1-4H3;1H. The van der Waals surface area contributed by atoms with E-state index < -0.39 is 0 Å². The van der Waals surface area contributed by atoms with E-state index in [2.05, 4.69) is 51.6 Å². The van der Waals surface area contributed by atoms with Crippen LogP contribution in [0.3, 0.4) is 0 Å². The van der Waals surface area contributed by atoms with Crippen molar-refractivity contribution in [1.82, 2.24) is 25.6 Å². The minimum absolute atomic E-state index is 0. The van der Waals surface area contributed by atoms with Crippen LogP contribution in [0.4, 0.5) is 0 Å². The topological polar surface area (TPSA) is 89.9 Å². The highest BCUT2D eigenvalue weighted by Gasteiger charge is 2.20. The van der Waals surface area contributed by atoms with Crippen LogP contribution in [0.25, 0.3) is 33.8 Å². The number of fused-ring (bicyclic) bond motifs is 1. The Morgan fingerprint density at radius 3 is 2.50 bits per heavy atom. The van der Waals surface area contributed by atoms with E-state index in [4.69, 9.17) is 9.05 Å². The van der Waals surface area contributed by atoms with E-state index in [1.165, 1.54) is 5.56 Å². The Morgan fingerprint density at radius 1 is 1.04 bits per heavy atom. The molecule has 0 spiro atoms. The average molecular weight is 400 g/mol. The van der Waals surface area contributed by atoms with Crippen LogP contribution in [0.1, 0.15) is 24.0 Å². The number of halogens is 1. The minimum atomic E-state index is 0. The molecule has 7 nitrogen and oxygen atoms in total. The van der Waals surface area contributed by atoms with Crippen molar-refractivity contribution in [2.24, 2.45) is 0 Å². The second-order valence-corrected chi connectivity index (χ2v) is 6.78. The number of rotatable bonds is 5. The Kier molecular flexibility index (Phi) is 5.76. The normalized spacial score (nSPS) is 12.1. The maximum Gasteiger partial charge on any atom is 0.259 e. The molecule has 3 heterocycles. The molecule has 0 radical (unpaired) electrons.